The monoisotopic (exact) mass is 286 g/mol. The lowest BCUT2D eigenvalue weighted by Crippen LogP contribution is -2.25. The number of nitrogens with zero attached hydrogens (tertiary/aromatic N) is 1. The van der Waals surface area contributed by atoms with E-state index >= 15 is 0 Å². The Bertz CT molecular complexity index is 542. The van der Waals surface area contributed by atoms with Crippen molar-refractivity contribution < 1.29 is 4.39 Å². The predicted octanol–water partition coefficient (Wildman–Crippen LogP) is 3.39. The van der Waals surface area contributed by atoms with Gasteiger partial charge in [-0.25, -0.2) is 4.39 Å². The molecular weight excluding hydrogens is 263 g/mol. The average molecular weight is 286 g/mol. The van der Waals surface area contributed by atoms with Crippen LogP contribution < -0.4 is 5.73 Å². The second kappa shape index (κ2) is 7.91. The maximum absolute atomic E-state index is 13.2. The normalized spacial score (nSPS) is 12.6. The molecule has 0 saturated heterocycles. The Kier molecular flexibility index (Phi) is 5.90. The first-order valence-electron chi connectivity index (χ1n) is 7.38. The van der Waals surface area contributed by atoms with Gasteiger partial charge in [0.1, 0.15) is 5.82 Å². The Hall–Kier alpha value is -1.71. The molecule has 0 aliphatic rings. The highest BCUT2D eigenvalue weighted by atomic mass is 19.1. The summed E-state index contributed by atoms with van der Waals surface area (Å²) >= 11 is 0. The molecule has 0 amide bonds. The van der Waals surface area contributed by atoms with Gasteiger partial charge >= 0.3 is 0 Å². The quantitative estimate of drug-likeness (QED) is 0.845. The molecule has 2 aromatic rings. The van der Waals surface area contributed by atoms with E-state index in [1.165, 1.54) is 17.7 Å². The van der Waals surface area contributed by atoms with Crippen molar-refractivity contribution in [2.75, 3.05) is 20.1 Å². The minimum absolute atomic E-state index is 0.111. The summed E-state index contributed by atoms with van der Waals surface area (Å²) in [7, 11) is 2.10. The van der Waals surface area contributed by atoms with Crippen molar-refractivity contribution in [2.45, 2.75) is 18.9 Å². The average Bonchev–Trinajstić information content (AvgIpc) is 2.51. The smallest absolute Gasteiger partial charge is 0.123 e. The van der Waals surface area contributed by atoms with Crippen LogP contribution in [0.3, 0.4) is 0 Å². The van der Waals surface area contributed by atoms with E-state index in [0.29, 0.717) is 0 Å². The number of likely N-dealkylation sites (N-methyl/N-ethyl adjacent to an activating group) is 1. The third-order valence-electron chi connectivity index (χ3n) is 3.72. The molecule has 2 rings (SSSR count). The lowest BCUT2D eigenvalue weighted by molar-refractivity contribution is 0.322. The van der Waals surface area contributed by atoms with Gasteiger partial charge in [0.05, 0.1) is 0 Å². The predicted molar refractivity (Wildman–Crippen MR) is 85.6 cm³/mol. The Balaban J connectivity index is 1.74. The number of hydrogen-bond acceptors (Lipinski definition) is 2. The maximum Gasteiger partial charge on any atom is 0.123 e. The number of halogens is 1. The molecule has 0 saturated carbocycles. The maximum atomic E-state index is 13.2. The third-order valence-corrected chi connectivity index (χ3v) is 3.72. The third kappa shape index (κ3) is 5.29. The Morgan fingerprint density at radius 3 is 2.52 bits per heavy atom. The fraction of sp³-hybridized carbons (Fsp3) is 0.333. The van der Waals surface area contributed by atoms with Crippen LogP contribution in [-0.4, -0.2) is 25.0 Å². The topological polar surface area (TPSA) is 29.3 Å². The molecule has 2 N–H and O–H groups in total. The van der Waals surface area contributed by atoms with Gasteiger partial charge < -0.3 is 10.6 Å². The zero-order chi connectivity index (χ0) is 15.1. The highest BCUT2D eigenvalue weighted by Crippen LogP contribution is 2.15. The van der Waals surface area contributed by atoms with E-state index in [-0.39, 0.29) is 11.9 Å². The van der Waals surface area contributed by atoms with Crippen LogP contribution in [0.5, 0.6) is 0 Å². The van der Waals surface area contributed by atoms with Crippen molar-refractivity contribution in [3.05, 3.63) is 71.5 Å². The fourth-order valence-electron chi connectivity index (χ4n) is 2.34. The van der Waals surface area contributed by atoms with Crippen LogP contribution in [-0.2, 0) is 6.42 Å². The summed E-state index contributed by atoms with van der Waals surface area (Å²) in [4.78, 5) is 2.27. The van der Waals surface area contributed by atoms with Gasteiger partial charge in [-0.05, 0) is 49.7 Å². The molecule has 0 bridgehead atoms. The molecule has 3 heteroatoms. The van der Waals surface area contributed by atoms with Crippen LogP contribution in [0.1, 0.15) is 23.6 Å². The highest BCUT2D eigenvalue weighted by molar-refractivity contribution is 5.19. The minimum atomic E-state index is -0.222. The van der Waals surface area contributed by atoms with E-state index in [9.17, 15) is 4.39 Å². The van der Waals surface area contributed by atoms with E-state index < -0.39 is 0 Å². The van der Waals surface area contributed by atoms with Gasteiger partial charge in [-0.2, -0.15) is 0 Å². The molecule has 0 radical (unpaired) electrons. The molecule has 0 aliphatic carbocycles. The van der Waals surface area contributed by atoms with Gasteiger partial charge in [0, 0.05) is 12.6 Å². The molecule has 0 spiro atoms. The zero-order valence-corrected chi connectivity index (χ0v) is 12.5. The van der Waals surface area contributed by atoms with Crippen molar-refractivity contribution in [3.63, 3.8) is 0 Å². The van der Waals surface area contributed by atoms with Crippen LogP contribution in [0.4, 0.5) is 4.39 Å². The number of nitrogens with two attached hydrogens (primary N) is 1. The Labute approximate surface area is 126 Å². The minimum Gasteiger partial charge on any atom is -0.324 e. The number of benzene rings is 2. The van der Waals surface area contributed by atoms with Crippen molar-refractivity contribution in [1.82, 2.24) is 4.90 Å². The van der Waals surface area contributed by atoms with Crippen LogP contribution in [0.2, 0.25) is 0 Å². The molecule has 0 fully saturated rings. The van der Waals surface area contributed by atoms with Gasteiger partial charge in [-0.3, -0.25) is 0 Å². The van der Waals surface area contributed by atoms with Crippen molar-refractivity contribution in [1.29, 1.82) is 0 Å². The molecule has 0 aliphatic heterocycles. The van der Waals surface area contributed by atoms with Crippen molar-refractivity contribution in [3.8, 4) is 0 Å². The van der Waals surface area contributed by atoms with Gasteiger partial charge in [-0.15, -0.1) is 0 Å². The van der Waals surface area contributed by atoms with Crippen molar-refractivity contribution >= 4 is 0 Å². The van der Waals surface area contributed by atoms with Crippen LogP contribution in [0.25, 0.3) is 0 Å². The first-order valence-corrected chi connectivity index (χ1v) is 7.38. The summed E-state index contributed by atoms with van der Waals surface area (Å²) in [5.74, 6) is -0.222. The van der Waals surface area contributed by atoms with Crippen LogP contribution in [0.15, 0.2) is 54.6 Å². The number of rotatable bonds is 7. The second-order valence-corrected chi connectivity index (χ2v) is 5.49. The van der Waals surface area contributed by atoms with Crippen LogP contribution in [0, 0.1) is 5.82 Å². The molecule has 21 heavy (non-hydrogen) atoms. The standard InChI is InChI=1S/C18H23FN2/c1-21(12-10-15-6-3-2-4-7-15)13-11-18(20)16-8-5-9-17(19)14-16/h2-9,14,18H,10-13,20H2,1H3. The summed E-state index contributed by atoms with van der Waals surface area (Å²) in [6.07, 6.45) is 1.86. The summed E-state index contributed by atoms with van der Waals surface area (Å²) in [5.41, 5.74) is 8.34. The first kappa shape index (κ1) is 15.7. The van der Waals surface area contributed by atoms with Gasteiger partial charge in [0.2, 0.25) is 0 Å². The van der Waals surface area contributed by atoms with Gasteiger partial charge in [-0.1, -0.05) is 42.5 Å². The molecule has 2 nitrogen and oxygen atoms in total. The van der Waals surface area contributed by atoms with E-state index in [1.807, 2.05) is 12.1 Å². The summed E-state index contributed by atoms with van der Waals surface area (Å²) < 4.78 is 13.2. The molecular formula is C18H23FN2. The fourth-order valence-corrected chi connectivity index (χ4v) is 2.34. The van der Waals surface area contributed by atoms with E-state index in [0.717, 1.165) is 31.5 Å². The largest absolute Gasteiger partial charge is 0.324 e. The highest BCUT2D eigenvalue weighted by Gasteiger charge is 2.08. The second-order valence-electron chi connectivity index (χ2n) is 5.49. The molecule has 1 unspecified atom stereocenters. The lowest BCUT2D eigenvalue weighted by Gasteiger charge is -2.19. The van der Waals surface area contributed by atoms with Gasteiger partial charge in [0.25, 0.3) is 0 Å². The zero-order valence-electron chi connectivity index (χ0n) is 12.5. The molecule has 0 aromatic heterocycles. The SMILES string of the molecule is CN(CCc1ccccc1)CCC(N)c1cccc(F)c1. The van der Waals surface area contributed by atoms with E-state index in [2.05, 4.69) is 36.2 Å². The summed E-state index contributed by atoms with van der Waals surface area (Å²) in [6, 6.07) is 16.9. The van der Waals surface area contributed by atoms with Crippen molar-refractivity contribution in [2.24, 2.45) is 5.73 Å². The van der Waals surface area contributed by atoms with Crippen LogP contribution >= 0.6 is 0 Å². The molecule has 0 heterocycles. The number of hydrogen-bond donors (Lipinski definition) is 1. The summed E-state index contributed by atoms with van der Waals surface area (Å²) in [6.45, 7) is 1.91. The van der Waals surface area contributed by atoms with E-state index in [1.54, 1.807) is 6.07 Å². The van der Waals surface area contributed by atoms with E-state index in [4.69, 9.17) is 5.73 Å². The van der Waals surface area contributed by atoms with Gasteiger partial charge in [0.15, 0.2) is 0 Å². The lowest BCUT2D eigenvalue weighted by atomic mass is 10.0. The summed E-state index contributed by atoms with van der Waals surface area (Å²) in [5, 5.41) is 0. The Morgan fingerprint density at radius 1 is 1.05 bits per heavy atom. The first-order chi connectivity index (χ1) is 10.1. The molecule has 1 atom stereocenters. The molecule has 112 valence electrons. The Morgan fingerprint density at radius 2 is 1.81 bits per heavy atom. The molecule has 2 aromatic carbocycles.